The van der Waals surface area contributed by atoms with Crippen molar-refractivity contribution in [1.82, 2.24) is 19.7 Å². The van der Waals surface area contributed by atoms with E-state index in [1.807, 2.05) is 6.07 Å². The Labute approximate surface area is 153 Å². The summed E-state index contributed by atoms with van der Waals surface area (Å²) in [6, 6.07) is 9.06. The third-order valence-electron chi connectivity index (χ3n) is 3.91. The van der Waals surface area contributed by atoms with E-state index < -0.39 is 0 Å². The second-order valence-corrected chi connectivity index (χ2v) is 7.81. The number of anilines is 1. The van der Waals surface area contributed by atoms with Crippen LogP contribution in [0.25, 0.3) is 21.8 Å². The van der Waals surface area contributed by atoms with Gasteiger partial charge in [0, 0.05) is 11.1 Å². The van der Waals surface area contributed by atoms with E-state index in [0.717, 1.165) is 11.0 Å². The van der Waals surface area contributed by atoms with Crippen molar-refractivity contribution in [2.45, 2.75) is 26.3 Å². The van der Waals surface area contributed by atoms with E-state index in [4.69, 9.17) is 4.42 Å². The maximum atomic E-state index is 12.5. The molecule has 1 amide bonds. The van der Waals surface area contributed by atoms with Crippen LogP contribution in [0, 0.1) is 0 Å². The lowest BCUT2D eigenvalue weighted by Crippen LogP contribution is -2.20. The molecule has 132 valence electrons. The summed E-state index contributed by atoms with van der Waals surface area (Å²) in [4.78, 5) is 16.9. The molecule has 3 aromatic heterocycles. The third kappa shape index (κ3) is 2.99. The number of hydrogen-bond acceptors (Lipinski definition) is 6. The molecular formula is C18H17N5O2S. The first kappa shape index (κ1) is 16.5. The number of nitrogens with zero attached hydrogens (tertiary/aromatic N) is 4. The monoisotopic (exact) mass is 367 g/mol. The SMILES string of the molecule is CC(C)(C)n1cnc2cc(C(=O)Nc3nnc(-c4ccco4)s3)ccc21. The summed E-state index contributed by atoms with van der Waals surface area (Å²) in [6.45, 7) is 6.34. The van der Waals surface area contributed by atoms with Gasteiger partial charge >= 0.3 is 0 Å². The normalized spacial score (nSPS) is 11.8. The van der Waals surface area contributed by atoms with Gasteiger partial charge in [-0.15, -0.1) is 10.2 Å². The lowest BCUT2D eigenvalue weighted by molar-refractivity contribution is 0.102. The predicted octanol–water partition coefficient (Wildman–Crippen LogP) is 4.16. The second kappa shape index (κ2) is 6.06. The fourth-order valence-corrected chi connectivity index (χ4v) is 3.34. The number of carbonyl (C=O) groups is 1. The quantitative estimate of drug-likeness (QED) is 0.588. The number of imidazole rings is 1. The molecule has 0 aliphatic carbocycles. The number of hydrogen-bond donors (Lipinski definition) is 1. The Hall–Kier alpha value is -3.00. The number of aromatic nitrogens is 4. The highest BCUT2D eigenvalue weighted by Gasteiger charge is 2.18. The number of amides is 1. The summed E-state index contributed by atoms with van der Waals surface area (Å²) in [5.74, 6) is 0.372. The minimum atomic E-state index is -0.251. The molecule has 4 aromatic rings. The topological polar surface area (TPSA) is 85.8 Å². The van der Waals surface area contributed by atoms with Crippen molar-refractivity contribution in [1.29, 1.82) is 0 Å². The molecule has 4 rings (SSSR count). The Kier molecular flexibility index (Phi) is 3.84. The molecule has 8 heteroatoms. The van der Waals surface area contributed by atoms with E-state index in [-0.39, 0.29) is 11.4 Å². The number of rotatable bonds is 3. The van der Waals surface area contributed by atoms with Gasteiger partial charge in [-0.2, -0.15) is 0 Å². The molecule has 0 saturated heterocycles. The van der Waals surface area contributed by atoms with E-state index in [9.17, 15) is 4.79 Å². The predicted molar refractivity (Wildman–Crippen MR) is 100 cm³/mol. The number of nitrogens with one attached hydrogen (secondary N) is 1. The molecule has 1 aromatic carbocycles. The summed E-state index contributed by atoms with van der Waals surface area (Å²) in [6.07, 6.45) is 3.37. The average Bonchev–Trinajstić information content (AvgIpc) is 3.33. The van der Waals surface area contributed by atoms with Gasteiger partial charge < -0.3 is 8.98 Å². The Morgan fingerprint density at radius 1 is 1.23 bits per heavy atom. The van der Waals surface area contributed by atoms with E-state index in [0.29, 0.717) is 21.5 Å². The first-order valence-corrected chi connectivity index (χ1v) is 8.90. The van der Waals surface area contributed by atoms with Crippen LogP contribution in [0.2, 0.25) is 0 Å². The summed E-state index contributed by atoms with van der Waals surface area (Å²) in [5, 5.41) is 11.8. The summed E-state index contributed by atoms with van der Waals surface area (Å²) in [7, 11) is 0. The largest absolute Gasteiger partial charge is 0.462 e. The maximum Gasteiger partial charge on any atom is 0.257 e. The lowest BCUT2D eigenvalue weighted by atomic mass is 10.1. The van der Waals surface area contributed by atoms with Crippen LogP contribution in [0.4, 0.5) is 5.13 Å². The molecular weight excluding hydrogens is 350 g/mol. The maximum absolute atomic E-state index is 12.5. The number of furan rings is 1. The smallest absolute Gasteiger partial charge is 0.257 e. The Balaban J connectivity index is 1.57. The van der Waals surface area contributed by atoms with Crippen molar-refractivity contribution in [2.24, 2.45) is 0 Å². The molecule has 0 spiro atoms. The third-order valence-corrected chi connectivity index (χ3v) is 4.76. The fourth-order valence-electron chi connectivity index (χ4n) is 2.63. The van der Waals surface area contributed by atoms with Gasteiger partial charge in [0.1, 0.15) is 0 Å². The minimum absolute atomic E-state index is 0.0761. The van der Waals surface area contributed by atoms with Crippen LogP contribution in [-0.2, 0) is 5.54 Å². The molecule has 0 bridgehead atoms. The Bertz CT molecular complexity index is 1070. The second-order valence-electron chi connectivity index (χ2n) is 6.83. The van der Waals surface area contributed by atoms with Crippen molar-refractivity contribution in [2.75, 3.05) is 5.32 Å². The average molecular weight is 367 g/mol. The Morgan fingerprint density at radius 3 is 2.81 bits per heavy atom. The van der Waals surface area contributed by atoms with Gasteiger partial charge in [-0.05, 0) is 51.1 Å². The molecule has 1 N–H and O–H groups in total. The van der Waals surface area contributed by atoms with Crippen LogP contribution in [0.3, 0.4) is 0 Å². The number of benzene rings is 1. The fraction of sp³-hybridized carbons (Fsp3) is 0.222. The molecule has 0 aliphatic rings. The van der Waals surface area contributed by atoms with Crippen molar-refractivity contribution in [3.05, 3.63) is 48.5 Å². The van der Waals surface area contributed by atoms with E-state index in [1.165, 1.54) is 11.3 Å². The van der Waals surface area contributed by atoms with Gasteiger partial charge in [-0.3, -0.25) is 10.1 Å². The molecule has 0 saturated carbocycles. The molecule has 0 aliphatic heterocycles. The lowest BCUT2D eigenvalue weighted by Gasteiger charge is -2.21. The molecule has 0 fully saturated rings. The van der Waals surface area contributed by atoms with E-state index >= 15 is 0 Å². The van der Waals surface area contributed by atoms with Crippen LogP contribution < -0.4 is 5.32 Å². The van der Waals surface area contributed by atoms with Crippen LogP contribution >= 0.6 is 11.3 Å². The number of fused-ring (bicyclic) bond motifs is 1. The van der Waals surface area contributed by atoms with Gasteiger partial charge in [-0.25, -0.2) is 4.98 Å². The Morgan fingerprint density at radius 2 is 2.08 bits per heavy atom. The van der Waals surface area contributed by atoms with Crippen LogP contribution in [0.5, 0.6) is 0 Å². The standard InChI is InChI=1S/C18H17N5O2S/c1-18(2,3)23-10-19-12-9-11(6-7-13(12)23)15(24)20-17-22-21-16(26-17)14-5-4-8-25-14/h4-10H,1-3H3,(H,20,22,24). The minimum Gasteiger partial charge on any atom is -0.462 e. The highest BCUT2D eigenvalue weighted by molar-refractivity contribution is 7.18. The highest BCUT2D eigenvalue weighted by Crippen LogP contribution is 2.27. The van der Waals surface area contributed by atoms with Crippen molar-refractivity contribution < 1.29 is 9.21 Å². The van der Waals surface area contributed by atoms with Gasteiger partial charge in [0.2, 0.25) is 5.13 Å². The van der Waals surface area contributed by atoms with Crippen LogP contribution in [0.15, 0.2) is 47.3 Å². The van der Waals surface area contributed by atoms with Crippen molar-refractivity contribution in [3.63, 3.8) is 0 Å². The zero-order chi connectivity index (χ0) is 18.3. The highest BCUT2D eigenvalue weighted by atomic mass is 32.1. The van der Waals surface area contributed by atoms with Gasteiger partial charge in [0.05, 0.1) is 23.6 Å². The first-order valence-electron chi connectivity index (χ1n) is 8.08. The zero-order valence-electron chi connectivity index (χ0n) is 14.6. The van der Waals surface area contributed by atoms with Crippen molar-refractivity contribution >= 4 is 33.4 Å². The summed E-state index contributed by atoms with van der Waals surface area (Å²) >= 11 is 1.26. The molecule has 0 radical (unpaired) electrons. The van der Waals surface area contributed by atoms with Gasteiger partial charge in [-0.1, -0.05) is 11.3 Å². The van der Waals surface area contributed by atoms with E-state index in [2.05, 4.69) is 45.8 Å². The molecule has 3 heterocycles. The van der Waals surface area contributed by atoms with Gasteiger partial charge in [0.25, 0.3) is 5.91 Å². The zero-order valence-corrected chi connectivity index (χ0v) is 15.4. The van der Waals surface area contributed by atoms with Crippen LogP contribution in [-0.4, -0.2) is 25.7 Å². The first-order chi connectivity index (χ1) is 12.4. The summed E-state index contributed by atoms with van der Waals surface area (Å²) in [5.41, 5.74) is 2.21. The molecule has 26 heavy (non-hydrogen) atoms. The summed E-state index contributed by atoms with van der Waals surface area (Å²) < 4.78 is 7.37. The number of carbonyl (C=O) groups excluding carboxylic acids is 1. The van der Waals surface area contributed by atoms with Crippen LogP contribution in [0.1, 0.15) is 31.1 Å². The molecule has 0 unspecified atom stereocenters. The molecule has 0 atom stereocenters. The molecule has 7 nitrogen and oxygen atoms in total. The van der Waals surface area contributed by atoms with E-state index in [1.54, 1.807) is 36.9 Å². The van der Waals surface area contributed by atoms with Crippen molar-refractivity contribution in [3.8, 4) is 10.8 Å². The van der Waals surface area contributed by atoms with Gasteiger partial charge in [0.15, 0.2) is 10.8 Å².